The maximum absolute atomic E-state index is 13.5. The highest BCUT2D eigenvalue weighted by atomic mass is 19.1. The minimum atomic E-state index is -0.849. The van der Waals surface area contributed by atoms with E-state index in [0.717, 1.165) is 13.1 Å². The van der Waals surface area contributed by atoms with Crippen LogP contribution in [0.4, 0.5) is 4.39 Å². The van der Waals surface area contributed by atoms with Gasteiger partial charge in [-0.2, -0.15) is 0 Å². The molecule has 1 heterocycles. The quantitative estimate of drug-likeness (QED) is 0.201. The molecule has 0 aliphatic carbocycles. The van der Waals surface area contributed by atoms with Gasteiger partial charge < -0.3 is 24.4 Å². The SMILES string of the molecule is C=CCOc1ccc(C2/C(=C(\O)c3ccc(F)cc3)C(=O)C(=O)N2CCN(CC)CC)cc1OCC. The van der Waals surface area contributed by atoms with Crippen molar-refractivity contribution in [2.24, 2.45) is 0 Å². The Morgan fingerprint density at radius 2 is 1.78 bits per heavy atom. The van der Waals surface area contributed by atoms with Crippen molar-refractivity contribution < 1.29 is 28.6 Å². The largest absolute Gasteiger partial charge is 0.507 e. The Bertz CT molecular complexity index is 1130. The lowest BCUT2D eigenvalue weighted by atomic mass is 9.95. The van der Waals surface area contributed by atoms with Crippen LogP contribution in [-0.4, -0.2) is 66.0 Å². The Morgan fingerprint density at radius 3 is 2.39 bits per heavy atom. The molecular formula is C28H33FN2O5. The van der Waals surface area contributed by atoms with Gasteiger partial charge in [-0.15, -0.1) is 0 Å². The molecule has 1 fully saturated rings. The first kappa shape index (κ1) is 26.9. The molecule has 7 nitrogen and oxygen atoms in total. The standard InChI is InChI=1S/C28H33FN2O5/c1-5-17-36-22-14-11-20(18-23(22)35-8-4)25-24(26(32)19-9-12-21(29)13-10-19)27(33)28(34)31(25)16-15-30(6-2)7-3/h5,9-14,18,25,32H,1,6-8,15-17H2,2-4H3/b26-24+. The number of hydrogen-bond acceptors (Lipinski definition) is 6. The topological polar surface area (TPSA) is 79.3 Å². The summed E-state index contributed by atoms with van der Waals surface area (Å²) in [5.74, 6) is -1.35. The second kappa shape index (κ2) is 12.4. The van der Waals surface area contributed by atoms with E-state index in [1.807, 2.05) is 20.8 Å². The first-order valence-corrected chi connectivity index (χ1v) is 12.1. The predicted octanol–water partition coefficient (Wildman–Crippen LogP) is 4.55. The molecule has 0 radical (unpaired) electrons. The van der Waals surface area contributed by atoms with E-state index in [1.165, 1.54) is 29.2 Å². The third kappa shape index (κ3) is 5.76. The fraction of sp³-hybridized carbons (Fsp3) is 0.357. The van der Waals surface area contributed by atoms with Gasteiger partial charge in [0.05, 0.1) is 18.2 Å². The maximum atomic E-state index is 13.5. The van der Waals surface area contributed by atoms with Gasteiger partial charge in [0.15, 0.2) is 11.5 Å². The second-order valence-corrected chi connectivity index (χ2v) is 8.27. The molecule has 192 valence electrons. The zero-order valence-corrected chi connectivity index (χ0v) is 21.0. The minimum absolute atomic E-state index is 0.0478. The van der Waals surface area contributed by atoms with Gasteiger partial charge in [0.1, 0.15) is 18.2 Å². The summed E-state index contributed by atoms with van der Waals surface area (Å²) in [6.07, 6.45) is 1.62. The summed E-state index contributed by atoms with van der Waals surface area (Å²) in [4.78, 5) is 30.0. The van der Waals surface area contributed by atoms with E-state index < -0.39 is 23.5 Å². The lowest BCUT2D eigenvalue weighted by Gasteiger charge is -2.28. The number of likely N-dealkylation sites (N-methyl/N-ethyl adjacent to an activating group) is 1. The van der Waals surface area contributed by atoms with E-state index in [0.29, 0.717) is 30.2 Å². The van der Waals surface area contributed by atoms with Crippen LogP contribution in [0.3, 0.4) is 0 Å². The van der Waals surface area contributed by atoms with E-state index in [2.05, 4.69) is 11.5 Å². The molecule has 0 aromatic heterocycles. The zero-order chi connectivity index (χ0) is 26.2. The highest BCUT2D eigenvalue weighted by molar-refractivity contribution is 6.46. The van der Waals surface area contributed by atoms with Crippen molar-refractivity contribution >= 4 is 17.4 Å². The summed E-state index contributed by atoms with van der Waals surface area (Å²) >= 11 is 0. The van der Waals surface area contributed by atoms with Gasteiger partial charge in [0.2, 0.25) is 0 Å². The van der Waals surface area contributed by atoms with Crippen molar-refractivity contribution in [3.05, 3.63) is 77.6 Å². The Kier molecular flexibility index (Phi) is 9.25. The molecule has 1 amide bonds. The highest BCUT2D eigenvalue weighted by Gasteiger charge is 2.46. The van der Waals surface area contributed by atoms with Crippen molar-refractivity contribution in [2.75, 3.05) is 39.4 Å². The van der Waals surface area contributed by atoms with Crippen molar-refractivity contribution in [1.29, 1.82) is 0 Å². The molecule has 0 bridgehead atoms. The van der Waals surface area contributed by atoms with Gasteiger partial charge in [-0.3, -0.25) is 9.59 Å². The third-order valence-electron chi connectivity index (χ3n) is 6.15. The first-order valence-electron chi connectivity index (χ1n) is 12.1. The van der Waals surface area contributed by atoms with E-state index in [1.54, 1.807) is 24.3 Å². The van der Waals surface area contributed by atoms with Crippen molar-refractivity contribution in [3.63, 3.8) is 0 Å². The van der Waals surface area contributed by atoms with Gasteiger partial charge >= 0.3 is 0 Å². The number of benzene rings is 2. The highest BCUT2D eigenvalue weighted by Crippen LogP contribution is 2.42. The number of nitrogens with zero attached hydrogens (tertiary/aromatic N) is 2. The predicted molar refractivity (Wildman–Crippen MR) is 137 cm³/mol. The Hall–Kier alpha value is -3.65. The van der Waals surface area contributed by atoms with Crippen LogP contribution in [0.25, 0.3) is 5.76 Å². The summed E-state index contributed by atoms with van der Waals surface area (Å²) in [7, 11) is 0. The summed E-state index contributed by atoms with van der Waals surface area (Å²) in [5.41, 5.74) is 0.791. The molecule has 2 aromatic rings. The number of halogens is 1. The molecule has 1 unspecified atom stereocenters. The summed E-state index contributed by atoms with van der Waals surface area (Å²) in [6.45, 7) is 12.7. The smallest absolute Gasteiger partial charge is 0.295 e. The number of ketones is 1. The van der Waals surface area contributed by atoms with Crippen LogP contribution >= 0.6 is 0 Å². The zero-order valence-electron chi connectivity index (χ0n) is 21.0. The number of carbonyl (C=O) groups excluding carboxylic acids is 2. The van der Waals surface area contributed by atoms with Crippen molar-refractivity contribution in [2.45, 2.75) is 26.8 Å². The Morgan fingerprint density at radius 1 is 1.08 bits per heavy atom. The third-order valence-corrected chi connectivity index (χ3v) is 6.15. The van der Waals surface area contributed by atoms with Crippen LogP contribution in [0.2, 0.25) is 0 Å². The number of ether oxygens (including phenoxy) is 2. The van der Waals surface area contributed by atoms with E-state index in [9.17, 15) is 19.1 Å². The fourth-order valence-electron chi connectivity index (χ4n) is 4.24. The van der Waals surface area contributed by atoms with Gasteiger partial charge in [-0.1, -0.05) is 32.6 Å². The maximum Gasteiger partial charge on any atom is 0.295 e. The van der Waals surface area contributed by atoms with Crippen LogP contribution in [0.15, 0.2) is 60.7 Å². The fourth-order valence-corrected chi connectivity index (χ4v) is 4.24. The minimum Gasteiger partial charge on any atom is -0.507 e. The summed E-state index contributed by atoms with van der Waals surface area (Å²) in [6, 6.07) is 9.48. The van der Waals surface area contributed by atoms with Gasteiger partial charge in [-0.05, 0) is 62.0 Å². The molecule has 1 atom stereocenters. The molecule has 1 saturated heterocycles. The normalized spacial score (nSPS) is 17.0. The van der Waals surface area contributed by atoms with Crippen LogP contribution in [0, 0.1) is 5.82 Å². The molecule has 0 spiro atoms. The van der Waals surface area contributed by atoms with Crippen LogP contribution in [-0.2, 0) is 9.59 Å². The van der Waals surface area contributed by atoms with Crippen LogP contribution in [0.1, 0.15) is 37.9 Å². The molecule has 1 aliphatic heterocycles. The average molecular weight is 497 g/mol. The van der Waals surface area contributed by atoms with E-state index in [4.69, 9.17) is 9.47 Å². The molecule has 8 heteroatoms. The van der Waals surface area contributed by atoms with Crippen molar-refractivity contribution in [1.82, 2.24) is 9.80 Å². The van der Waals surface area contributed by atoms with E-state index in [-0.39, 0.29) is 30.0 Å². The number of rotatable bonds is 12. The van der Waals surface area contributed by atoms with Crippen LogP contribution < -0.4 is 9.47 Å². The number of amides is 1. The molecule has 36 heavy (non-hydrogen) atoms. The second-order valence-electron chi connectivity index (χ2n) is 8.27. The van der Waals surface area contributed by atoms with Gasteiger partial charge in [0, 0.05) is 18.7 Å². The monoisotopic (exact) mass is 496 g/mol. The molecular weight excluding hydrogens is 463 g/mol. The van der Waals surface area contributed by atoms with E-state index >= 15 is 0 Å². The van der Waals surface area contributed by atoms with Gasteiger partial charge in [-0.25, -0.2) is 4.39 Å². The number of likely N-dealkylation sites (tertiary alicyclic amines) is 1. The number of carbonyl (C=O) groups is 2. The first-order chi connectivity index (χ1) is 17.4. The lowest BCUT2D eigenvalue weighted by Crippen LogP contribution is -2.38. The number of aliphatic hydroxyl groups is 1. The lowest BCUT2D eigenvalue weighted by molar-refractivity contribution is -0.140. The van der Waals surface area contributed by atoms with Crippen molar-refractivity contribution in [3.8, 4) is 11.5 Å². The molecule has 0 saturated carbocycles. The Balaban J connectivity index is 2.14. The molecule has 1 N–H and O–H groups in total. The molecule has 1 aliphatic rings. The molecule has 3 rings (SSSR count). The number of Topliss-reactive ketones (excluding diaryl/α,β-unsaturated/α-hetero) is 1. The summed E-state index contributed by atoms with van der Waals surface area (Å²) < 4.78 is 25.0. The number of aliphatic hydroxyl groups excluding tert-OH is 1. The summed E-state index contributed by atoms with van der Waals surface area (Å²) in [5, 5.41) is 11.1. The average Bonchev–Trinajstić information content (AvgIpc) is 3.13. The number of hydrogen-bond donors (Lipinski definition) is 1. The van der Waals surface area contributed by atoms with Crippen LogP contribution in [0.5, 0.6) is 11.5 Å². The Labute approximate surface area is 211 Å². The van der Waals surface area contributed by atoms with Gasteiger partial charge in [0.25, 0.3) is 11.7 Å². The molecule has 2 aromatic carbocycles.